The lowest BCUT2D eigenvalue weighted by molar-refractivity contribution is 0.338. The van der Waals surface area contributed by atoms with E-state index in [0.29, 0.717) is 12.0 Å². The predicted molar refractivity (Wildman–Crippen MR) is 65.9 cm³/mol. The van der Waals surface area contributed by atoms with Crippen molar-refractivity contribution >= 4 is 0 Å². The molecule has 0 radical (unpaired) electrons. The number of piperidine rings is 2. The third kappa shape index (κ3) is 2.53. The topological polar surface area (TPSA) is 50.1 Å². The average Bonchev–Trinajstić information content (AvgIpc) is 2.90. The highest BCUT2D eigenvalue weighted by Gasteiger charge is 2.23. The van der Waals surface area contributed by atoms with Crippen LogP contribution >= 0.6 is 0 Å². The van der Waals surface area contributed by atoms with E-state index in [1.54, 1.807) is 0 Å². The van der Waals surface area contributed by atoms with E-state index in [-0.39, 0.29) is 0 Å². The fourth-order valence-electron chi connectivity index (χ4n) is 2.83. The molecule has 3 heterocycles. The summed E-state index contributed by atoms with van der Waals surface area (Å²) in [6, 6.07) is 0.346. The highest BCUT2D eigenvalue weighted by molar-refractivity contribution is 5.08. The van der Waals surface area contributed by atoms with Gasteiger partial charge >= 0.3 is 0 Å². The van der Waals surface area contributed by atoms with Crippen LogP contribution < -0.4 is 10.6 Å². The molecule has 0 aromatic carbocycles. The summed E-state index contributed by atoms with van der Waals surface area (Å²) in [5.41, 5.74) is 1.16. The lowest BCUT2D eigenvalue weighted by Gasteiger charge is -2.21. The summed E-state index contributed by atoms with van der Waals surface area (Å²) in [6.45, 7) is 3.30. The van der Waals surface area contributed by atoms with Crippen LogP contribution in [0.1, 0.15) is 55.6 Å². The van der Waals surface area contributed by atoms with E-state index >= 15 is 0 Å². The Hall–Kier alpha value is -0.870. The molecule has 0 spiro atoms. The van der Waals surface area contributed by atoms with E-state index in [1.165, 1.54) is 25.7 Å². The molecule has 2 aliphatic heterocycles. The van der Waals surface area contributed by atoms with Gasteiger partial charge in [-0.1, -0.05) is 6.42 Å². The highest BCUT2D eigenvalue weighted by Crippen LogP contribution is 2.28. The zero-order valence-corrected chi connectivity index (χ0v) is 10.2. The Morgan fingerprint density at radius 1 is 1.12 bits per heavy atom. The summed E-state index contributed by atoms with van der Waals surface area (Å²) < 4.78 is 5.66. The normalized spacial score (nSPS) is 27.2. The van der Waals surface area contributed by atoms with Crippen molar-refractivity contribution in [3.8, 4) is 0 Å². The van der Waals surface area contributed by atoms with Crippen molar-refractivity contribution in [2.45, 2.75) is 44.1 Å². The van der Waals surface area contributed by atoms with Gasteiger partial charge in [0.15, 0.2) is 0 Å². The van der Waals surface area contributed by atoms with E-state index in [4.69, 9.17) is 9.40 Å². The SMILES string of the molecule is c1oc(C2CCCCN2)nc1C1CCNCC1. The summed E-state index contributed by atoms with van der Waals surface area (Å²) in [5.74, 6) is 1.50. The molecule has 0 saturated carbocycles. The Labute approximate surface area is 102 Å². The van der Waals surface area contributed by atoms with Crippen LogP contribution in [-0.2, 0) is 0 Å². The predicted octanol–water partition coefficient (Wildman–Crippen LogP) is 1.96. The molecule has 17 heavy (non-hydrogen) atoms. The molecule has 94 valence electrons. The Bertz CT molecular complexity index is 319. The van der Waals surface area contributed by atoms with Gasteiger partial charge in [0, 0.05) is 5.92 Å². The molecule has 0 aliphatic carbocycles. The molecule has 1 aromatic heterocycles. The quantitative estimate of drug-likeness (QED) is 0.822. The van der Waals surface area contributed by atoms with Gasteiger partial charge in [-0.25, -0.2) is 4.98 Å². The Balaban J connectivity index is 1.68. The zero-order chi connectivity index (χ0) is 11.5. The minimum absolute atomic E-state index is 0.346. The van der Waals surface area contributed by atoms with Crippen LogP contribution in [0.4, 0.5) is 0 Å². The second kappa shape index (κ2) is 5.19. The number of hydrogen-bond donors (Lipinski definition) is 2. The lowest BCUT2D eigenvalue weighted by atomic mass is 9.95. The van der Waals surface area contributed by atoms with Crippen molar-refractivity contribution in [1.29, 1.82) is 0 Å². The summed E-state index contributed by atoms with van der Waals surface area (Å²) in [5, 5.41) is 6.87. The highest BCUT2D eigenvalue weighted by atomic mass is 16.3. The fourth-order valence-corrected chi connectivity index (χ4v) is 2.83. The number of aromatic nitrogens is 1. The second-order valence-corrected chi connectivity index (χ2v) is 5.14. The Morgan fingerprint density at radius 2 is 2.00 bits per heavy atom. The molecule has 4 nitrogen and oxygen atoms in total. The van der Waals surface area contributed by atoms with E-state index in [0.717, 1.165) is 37.6 Å². The lowest BCUT2D eigenvalue weighted by Crippen LogP contribution is -2.28. The maximum atomic E-state index is 5.66. The molecule has 0 amide bonds. The van der Waals surface area contributed by atoms with Crippen LogP contribution in [0.2, 0.25) is 0 Å². The average molecular weight is 235 g/mol. The molecule has 3 rings (SSSR count). The molecule has 1 atom stereocenters. The van der Waals surface area contributed by atoms with Gasteiger partial charge in [0.1, 0.15) is 6.26 Å². The summed E-state index contributed by atoms with van der Waals surface area (Å²) in [4.78, 5) is 4.70. The third-order valence-corrected chi connectivity index (χ3v) is 3.91. The number of nitrogens with zero attached hydrogens (tertiary/aromatic N) is 1. The number of oxazole rings is 1. The first-order valence-corrected chi connectivity index (χ1v) is 6.83. The van der Waals surface area contributed by atoms with Crippen molar-refractivity contribution < 1.29 is 4.42 Å². The summed E-state index contributed by atoms with van der Waals surface area (Å²) in [6.07, 6.45) is 7.96. The second-order valence-electron chi connectivity index (χ2n) is 5.14. The maximum absolute atomic E-state index is 5.66. The van der Waals surface area contributed by atoms with Gasteiger partial charge in [0.2, 0.25) is 5.89 Å². The van der Waals surface area contributed by atoms with E-state index < -0.39 is 0 Å². The van der Waals surface area contributed by atoms with Crippen LogP contribution in [-0.4, -0.2) is 24.6 Å². The first-order valence-electron chi connectivity index (χ1n) is 6.83. The van der Waals surface area contributed by atoms with Crippen molar-refractivity contribution in [2.24, 2.45) is 0 Å². The molecule has 2 N–H and O–H groups in total. The summed E-state index contributed by atoms with van der Waals surface area (Å²) >= 11 is 0. The fraction of sp³-hybridized carbons (Fsp3) is 0.769. The molecule has 1 aromatic rings. The van der Waals surface area contributed by atoms with Gasteiger partial charge in [-0.3, -0.25) is 0 Å². The minimum atomic E-state index is 0.346. The van der Waals surface area contributed by atoms with Crippen LogP contribution in [0.3, 0.4) is 0 Å². The van der Waals surface area contributed by atoms with Crippen LogP contribution in [0.5, 0.6) is 0 Å². The molecule has 1 unspecified atom stereocenters. The van der Waals surface area contributed by atoms with Crippen LogP contribution in [0.25, 0.3) is 0 Å². The molecule has 2 saturated heterocycles. The van der Waals surface area contributed by atoms with E-state index in [2.05, 4.69) is 10.6 Å². The Morgan fingerprint density at radius 3 is 2.76 bits per heavy atom. The Kier molecular flexibility index (Phi) is 3.43. The smallest absolute Gasteiger partial charge is 0.211 e. The molecule has 2 aliphatic rings. The first kappa shape index (κ1) is 11.2. The van der Waals surface area contributed by atoms with Crippen LogP contribution in [0, 0.1) is 0 Å². The van der Waals surface area contributed by atoms with Crippen molar-refractivity contribution in [3.05, 3.63) is 17.8 Å². The van der Waals surface area contributed by atoms with Gasteiger partial charge in [-0.2, -0.15) is 0 Å². The van der Waals surface area contributed by atoms with Crippen LogP contribution in [0.15, 0.2) is 10.7 Å². The largest absolute Gasteiger partial charge is 0.447 e. The van der Waals surface area contributed by atoms with Gasteiger partial charge in [-0.05, 0) is 45.3 Å². The molecular weight excluding hydrogens is 214 g/mol. The van der Waals surface area contributed by atoms with Gasteiger partial charge in [0.05, 0.1) is 11.7 Å². The molecule has 2 fully saturated rings. The van der Waals surface area contributed by atoms with Gasteiger partial charge in [-0.15, -0.1) is 0 Å². The van der Waals surface area contributed by atoms with E-state index in [9.17, 15) is 0 Å². The minimum Gasteiger partial charge on any atom is -0.447 e. The first-order chi connectivity index (χ1) is 8.43. The standard InChI is InChI=1S/C13H21N3O/c1-2-6-15-11(3-1)13-16-12(9-17-13)10-4-7-14-8-5-10/h9-11,14-15H,1-8H2. The van der Waals surface area contributed by atoms with Crippen molar-refractivity contribution in [2.75, 3.05) is 19.6 Å². The van der Waals surface area contributed by atoms with Gasteiger partial charge < -0.3 is 15.1 Å². The molecule has 0 bridgehead atoms. The van der Waals surface area contributed by atoms with Crippen molar-refractivity contribution in [1.82, 2.24) is 15.6 Å². The monoisotopic (exact) mass is 235 g/mol. The zero-order valence-electron chi connectivity index (χ0n) is 10.2. The van der Waals surface area contributed by atoms with Gasteiger partial charge in [0.25, 0.3) is 0 Å². The van der Waals surface area contributed by atoms with Crippen molar-refractivity contribution in [3.63, 3.8) is 0 Å². The number of hydrogen-bond acceptors (Lipinski definition) is 4. The van der Waals surface area contributed by atoms with E-state index in [1.807, 2.05) is 6.26 Å². The third-order valence-electron chi connectivity index (χ3n) is 3.91. The number of rotatable bonds is 2. The molecular formula is C13H21N3O. The number of nitrogens with one attached hydrogen (secondary N) is 2. The molecule has 4 heteroatoms. The summed E-state index contributed by atoms with van der Waals surface area (Å²) in [7, 11) is 0. The maximum Gasteiger partial charge on any atom is 0.211 e.